The Morgan fingerprint density at radius 1 is 1.11 bits per heavy atom. The fraction of sp³-hybridized carbons (Fsp3) is 0.333. The van der Waals surface area contributed by atoms with Crippen LogP contribution in [0, 0.1) is 6.92 Å². The van der Waals surface area contributed by atoms with Crippen molar-refractivity contribution in [1.29, 1.82) is 0 Å². The zero-order chi connectivity index (χ0) is 13.1. The lowest BCUT2D eigenvalue weighted by Crippen LogP contribution is -2.08. The molecule has 2 atom stereocenters. The van der Waals surface area contributed by atoms with Crippen molar-refractivity contribution in [2.24, 2.45) is 0 Å². The third-order valence-corrected chi connectivity index (χ3v) is 4.15. The van der Waals surface area contributed by atoms with Gasteiger partial charge in [0.15, 0.2) is 0 Å². The first kappa shape index (κ1) is 13.1. The molecule has 1 heterocycles. The van der Waals surface area contributed by atoms with Gasteiger partial charge >= 0.3 is 0 Å². The largest absolute Gasteiger partial charge is 0.389 e. The van der Waals surface area contributed by atoms with Gasteiger partial charge in [-0.05, 0) is 39.0 Å². The van der Waals surface area contributed by atoms with Crippen molar-refractivity contribution in [1.82, 2.24) is 0 Å². The zero-order valence-corrected chi connectivity index (χ0v) is 11.8. The Bertz CT molecular complexity index is 519. The highest BCUT2D eigenvalue weighted by molar-refractivity contribution is 7.12. The van der Waals surface area contributed by atoms with Crippen LogP contribution in [0.3, 0.4) is 0 Å². The Labute approximate surface area is 112 Å². The minimum absolute atomic E-state index is 0.253. The fourth-order valence-electron chi connectivity index (χ4n) is 1.98. The molecule has 1 aromatic heterocycles. The van der Waals surface area contributed by atoms with Crippen LogP contribution < -0.4 is 5.32 Å². The monoisotopic (exact) mass is 261 g/mol. The van der Waals surface area contributed by atoms with Crippen LogP contribution in [-0.4, -0.2) is 5.11 Å². The minimum atomic E-state index is -0.453. The molecule has 0 aliphatic carbocycles. The molecule has 2 nitrogen and oxygen atoms in total. The summed E-state index contributed by atoms with van der Waals surface area (Å²) in [5.41, 5.74) is 1.95. The molecule has 2 N–H and O–H groups in total. The molecular weight excluding hydrogens is 242 g/mol. The number of para-hydroxylation sites is 1. The molecule has 0 aliphatic rings. The summed E-state index contributed by atoms with van der Waals surface area (Å²) >= 11 is 1.80. The van der Waals surface area contributed by atoms with Crippen LogP contribution in [0.1, 0.15) is 41.3 Å². The fourth-order valence-corrected chi connectivity index (χ4v) is 2.86. The van der Waals surface area contributed by atoms with Crippen LogP contribution >= 0.6 is 11.3 Å². The summed E-state index contributed by atoms with van der Waals surface area (Å²) in [6.45, 7) is 6.05. The zero-order valence-electron chi connectivity index (χ0n) is 11.0. The minimum Gasteiger partial charge on any atom is -0.389 e. The van der Waals surface area contributed by atoms with Gasteiger partial charge in [-0.3, -0.25) is 0 Å². The Balaban J connectivity index is 2.19. The van der Waals surface area contributed by atoms with Crippen molar-refractivity contribution in [2.75, 3.05) is 5.32 Å². The van der Waals surface area contributed by atoms with E-state index in [0.717, 1.165) is 11.3 Å². The van der Waals surface area contributed by atoms with Gasteiger partial charge in [-0.25, -0.2) is 0 Å². The Morgan fingerprint density at radius 2 is 1.83 bits per heavy atom. The van der Waals surface area contributed by atoms with Gasteiger partial charge in [-0.2, -0.15) is 0 Å². The molecule has 0 amide bonds. The summed E-state index contributed by atoms with van der Waals surface area (Å²) in [5, 5.41) is 13.2. The van der Waals surface area contributed by atoms with Crippen LogP contribution in [-0.2, 0) is 0 Å². The number of aliphatic hydroxyl groups is 1. The third-order valence-electron chi connectivity index (χ3n) is 2.97. The van der Waals surface area contributed by atoms with Crippen LogP contribution in [0.5, 0.6) is 0 Å². The van der Waals surface area contributed by atoms with Crippen molar-refractivity contribution in [3.8, 4) is 0 Å². The second-order valence-electron chi connectivity index (χ2n) is 4.58. The number of hydrogen-bond acceptors (Lipinski definition) is 3. The van der Waals surface area contributed by atoms with E-state index in [9.17, 15) is 5.11 Å². The van der Waals surface area contributed by atoms with Gasteiger partial charge in [0.05, 0.1) is 12.1 Å². The first-order valence-corrected chi connectivity index (χ1v) is 6.99. The molecule has 18 heavy (non-hydrogen) atoms. The van der Waals surface area contributed by atoms with Gasteiger partial charge < -0.3 is 10.4 Å². The number of thiophene rings is 1. The van der Waals surface area contributed by atoms with Crippen LogP contribution in [0.15, 0.2) is 36.4 Å². The van der Waals surface area contributed by atoms with E-state index < -0.39 is 6.10 Å². The predicted molar refractivity (Wildman–Crippen MR) is 78.2 cm³/mol. The van der Waals surface area contributed by atoms with E-state index in [4.69, 9.17) is 0 Å². The molecule has 2 unspecified atom stereocenters. The van der Waals surface area contributed by atoms with Crippen molar-refractivity contribution in [3.63, 3.8) is 0 Å². The standard InChI is InChI=1S/C15H19NOS/c1-10-8-9-15(18-10)11(2)16-14-7-5-4-6-13(14)12(3)17/h4-9,11-12,16-17H,1-3H3. The molecular formula is C15H19NOS. The second-order valence-corrected chi connectivity index (χ2v) is 5.90. The SMILES string of the molecule is Cc1ccc(C(C)Nc2ccccc2C(C)O)s1. The lowest BCUT2D eigenvalue weighted by Gasteiger charge is -2.18. The van der Waals surface area contributed by atoms with E-state index in [-0.39, 0.29) is 6.04 Å². The number of anilines is 1. The molecule has 0 spiro atoms. The summed E-state index contributed by atoms with van der Waals surface area (Å²) < 4.78 is 0. The number of benzene rings is 1. The highest BCUT2D eigenvalue weighted by Crippen LogP contribution is 2.29. The van der Waals surface area contributed by atoms with E-state index in [1.165, 1.54) is 9.75 Å². The average Bonchev–Trinajstić information content (AvgIpc) is 2.76. The van der Waals surface area contributed by atoms with Gasteiger partial charge in [0.2, 0.25) is 0 Å². The van der Waals surface area contributed by atoms with Gasteiger partial charge in [-0.15, -0.1) is 11.3 Å². The smallest absolute Gasteiger partial charge is 0.0781 e. The summed E-state index contributed by atoms with van der Waals surface area (Å²) in [5.74, 6) is 0. The maximum absolute atomic E-state index is 9.75. The quantitative estimate of drug-likeness (QED) is 0.861. The number of aryl methyl sites for hydroxylation is 1. The maximum Gasteiger partial charge on any atom is 0.0781 e. The molecule has 2 rings (SSSR count). The molecule has 0 bridgehead atoms. The van der Waals surface area contributed by atoms with E-state index >= 15 is 0 Å². The molecule has 3 heteroatoms. The lowest BCUT2D eigenvalue weighted by molar-refractivity contribution is 0.200. The number of rotatable bonds is 4. The van der Waals surface area contributed by atoms with E-state index in [0.29, 0.717) is 0 Å². The summed E-state index contributed by atoms with van der Waals surface area (Å²) in [6, 6.07) is 12.5. The van der Waals surface area contributed by atoms with Crippen LogP contribution in [0.4, 0.5) is 5.69 Å². The van der Waals surface area contributed by atoms with Crippen LogP contribution in [0.25, 0.3) is 0 Å². The highest BCUT2D eigenvalue weighted by atomic mass is 32.1. The van der Waals surface area contributed by atoms with E-state index in [2.05, 4.69) is 31.3 Å². The third kappa shape index (κ3) is 2.92. The summed E-state index contributed by atoms with van der Waals surface area (Å²) in [4.78, 5) is 2.63. The predicted octanol–water partition coefficient (Wildman–Crippen LogP) is 4.28. The van der Waals surface area contributed by atoms with E-state index in [1.54, 1.807) is 18.3 Å². The molecule has 0 saturated carbocycles. The highest BCUT2D eigenvalue weighted by Gasteiger charge is 2.11. The number of nitrogens with one attached hydrogen (secondary N) is 1. The molecule has 96 valence electrons. The Morgan fingerprint density at radius 3 is 2.44 bits per heavy atom. The second kappa shape index (κ2) is 5.55. The maximum atomic E-state index is 9.75. The van der Waals surface area contributed by atoms with Gasteiger partial charge in [0, 0.05) is 21.0 Å². The number of aliphatic hydroxyl groups excluding tert-OH is 1. The first-order chi connectivity index (χ1) is 8.58. The van der Waals surface area contributed by atoms with Crippen molar-refractivity contribution in [2.45, 2.75) is 32.9 Å². The molecule has 0 radical (unpaired) electrons. The molecule has 2 aromatic rings. The lowest BCUT2D eigenvalue weighted by atomic mass is 10.1. The van der Waals surface area contributed by atoms with E-state index in [1.807, 2.05) is 24.3 Å². The Hall–Kier alpha value is -1.32. The average molecular weight is 261 g/mol. The molecule has 0 fully saturated rings. The topological polar surface area (TPSA) is 32.3 Å². The van der Waals surface area contributed by atoms with Crippen LogP contribution in [0.2, 0.25) is 0 Å². The molecule has 0 saturated heterocycles. The van der Waals surface area contributed by atoms with Gasteiger partial charge in [-0.1, -0.05) is 18.2 Å². The molecule has 0 aliphatic heterocycles. The van der Waals surface area contributed by atoms with Crippen molar-refractivity contribution < 1.29 is 5.11 Å². The Kier molecular flexibility index (Phi) is 4.04. The summed E-state index contributed by atoms with van der Waals surface area (Å²) in [7, 11) is 0. The van der Waals surface area contributed by atoms with Crippen molar-refractivity contribution >= 4 is 17.0 Å². The van der Waals surface area contributed by atoms with Gasteiger partial charge in [0.1, 0.15) is 0 Å². The number of hydrogen-bond donors (Lipinski definition) is 2. The van der Waals surface area contributed by atoms with Gasteiger partial charge in [0.25, 0.3) is 0 Å². The molecule has 1 aromatic carbocycles. The normalized spacial score (nSPS) is 14.2. The van der Waals surface area contributed by atoms with Crippen molar-refractivity contribution in [3.05, 3.63) is 51.7 Å². The summed E-state index contributed by atoms with van der Waals surface area (Å²) in [6.07, 6.45) is -0.453. The first-order valence-electron chi connectivity index (χ1n) is 6.18.